The fraction of sp³-hybridized carbons (Fsp3) is 0.100. The molecule has 0 fully saturated rings. The second-order valence-electron chi connectivity index (χ2n) is 5.68. The normalized spacial score (nSPS) is 11.0. The summed E-state index contributed by atoms with van der Waals surface area (Å²) in [6.07, 6.45) is 1.62. The molecule has 5 heteroatoms. The summed E-state index contributed by atoms with van der Waals surface area (Å²) in [4.78, 5) is 12.5. The predicted octanol–water partition coefficient (Wildman–Crippen LogP) is 4.62. The molecular formula is C20H18BrN3O. The van der Waals surface area contributed by atoms with Gasteiger partial charge in [0.05, 0.1) is 11.8 Å². The quantitative estimate of drug-likeness (QED) is 0.508. The maximum absolute atomic E-state index is 12.5. The molecule has 0 aliphatic carbocycles. The molecule has 1 heterocycles. The smallest absolute Gasteiger partial charge is 0.273 e. The van der Waals surface area contributed by atoms with E-state index in [0.717, 1.165) is 27.1 Å². The standard InChI is InChI=1S/C20H18BrN3O/c1-14-12-18(15(2)24(14)17-9-4-3-5-10-17)20(25)23-22-13-16-8-6-7-11-19(16)21/h3-13H,1-2H3,(H,23,25). The lowest BCUT2D eigenvalue weighted by Crippen LogP contribution is -2.18. The van der Waals surface area contributed by atoms with Gasteiger partial charge in [0, 0.05) is 27.1 Å². The van der Waals surface area contributed by atoms with Crippen LogP contribution < -0.4 is 5.43 Å². The van der Waals surface area contributed by atoms with Crippen LogP contribution in [0.1, 0.15) is 27.3 Å². The van der Waals surface area contributed by atoms with E-state index < -0.39 is 0 Å². The van der Waals surface area contributed by atoms with E-state index in [9.17, 15) is 4.79 Å². The number of rotatable bonds is 4. The maximum Gasteiger partial charge on any atom is 0.273 e. The molecule has 0 saturated heterocycles. The van der Waals surface area contributed by atoms with Crippen LogP contribution in [0.25, 0.3) is 5.69 Å². The molecule has 126 valence electrons. The third-order valence-electron chi connectivity index (χ3n) is 3.97. The Morgan fingerprint density at radius 1 is 1.08 bits per heavy atom. The third-order valence-corrected chi connectivity index (χ3v) is 4.69. The lowest BCUT2D eigenvalue weighted by Gasteiger charge is -2.09. The Morgan fingerprint density at radius 2 is 1.76 bits per heavy atom. The molecule has 0 saturated carbocycles. The van der Waals surface area contributed by atoms with Gasteiger partial charge in [-0.15, -0.1) is 0 Å². The van der Waals surface area contributed by atoms with E-state index in [1.165, 1.54) is 0 Å². The number of nitrogens with zero attached hydrogens (tertiary/aromatic N) is 2. The lowest BCUT2D eigenvalue weighted by molar-refractivity contribution is 0.0954. The first-order chi connectivity index (χ1) is 12.1. The predicted molar refractivity (Wildman–Crippen MR) is 104 cm³/mol. The van der Waals surface area contributed by atoms with Crippen molar-refractivity contribution in [1.29, 1.82) is 0 Å². The zero-order valence-corrected chi connectivity index (χ0v) is 15.6. The van der Waals surface area contributed by atoms with Crippen LogP contribution in [0, 0.1) is 13.8 Å². The summed E-state index contributed by atoms with van der Waals surface area (Å²) in [5, 5.41) is 4.07. The molecule has 3 aromatic rings. The minimum Gasteiger partial charge on any atom is -0.318 e. The maximum atomic E-state index is 12.5. The molecule has 0 atom stereocenters. The minimum absolute atomic E-state index is 0.224. The van der Waals surface area contributed by atoms with Gasteiger partial charge < -0.3 is 4.57 Å². The van der Waals surface area contributed by atoms with Gasteiger partial charge in [0.2, 0.25) is 0 Å². The Kier molecular flexibility index (Phi) is 5.14. The molecular weight excluding hydrogens is 378 g/mol. The highest BCUT2D eigenvalue weighted by molar-refractivity contribution is 9.10. The fourth-order valence-electron chi connectivity index (χ4n) is 2.77. The van der Waals surface area contributed by atoms with E-state index in [2.05, 4.69) is 31.0 Å². The molecule has 0 radical (unpaired) electrons. The van der Waals surface area contributed by atoms with E-state index in [4.69, 9.17) is 0 Å². The molecule has 0 aliphatic heterocycles. The molecule has 1 N–H and O–H groups in total. The SMILES string of the molecule is Cc1cc(C(=O)NN=Cc2ccccc2Br)c(C)n1-c1ccccc1. The number of hydrazone groups is 1. The number of hydrogen-bond acceptors (Lipinski definition) is 2. The lowest BCUT2D eigenvalue weighted by atomic mass is 10.2. The minimum atomic E-state index is -0.224. The van der Waals surface area contributed by atoms with Gasteiger partial charge in [0.1, 0.15) is 0 Å². The van der Waals surface area contributed by atoms with Crippen LogP contribution in [0.4, 0.5) is 0 Å². The summed E-state index contributed by atoms with van der Waals surface area (Å²) in [6, 6.07) is 19.6. The van der Waals surface area contributed by atoms with Crippen molar-refractivity contribution in [2.45, 2.75) is 13.8 Å². The third kappa shape index (κ3) is 3.72. The van der Waals surface area contributed by atoms with Crippen molar-refractivity contribution >= 4 is 28.1 Å². The van der Waals surface area contributed by atoms with Crippen molar-refractivity contribution < 1.29 is 4.79 Å². The first-order valence-corrected chi connectivity index (χ1v) is 8.69. The number of carbonyl (C=O) groups is 1. The Balaban J connectivity index is 1.81. The summed E-state index contributed by atoms with van der Waals surface area (Å²) >= 11 is 3.45. The van der Waals surface area contributed by atoms with Crippen molar-refractivity contribution in [3.63, 3.8) is 0 Å². The summed E-state index contributed by atoms with van der Waals surface area (Å²) in [5.41, 5.74) is 7.05. The second kappa shape index (κ2) is 7.49. The second-order valence-corrected chi connectivity index (χ2v) is 6.53. The van der Waals surface area contributed by atoms with Gasteiger partial charge in [0.25, 0.3) is 5.91 Å². The number of aromatic nitrogens is 1. The topological polar surface area (TPSA) is 46.4 Å². The number of aryl methyl sites for hydroxylation is 1. The summed E-state index contributed by atoms with van der Waals surface area (Å²) < 4.78 is 2.99. The van der Waals surface area contributed by atoms with Gasteiger partial charge in [-0.3, -0.25) is 4.79 Å². The fourth-order valence-corrected chi connectivity index (χ4v) is 3.15. The van der Waals surface area contributed by atoms with Crippen molar-refractivity contribution in [3.05, 3.63) is 87.7 Å². The van der Waals surface area contributed by atoms with Crippen LogP contribution in [0.15, 0.2) is 70.2 Å². The van der Waals surface area contributed by atoms with E-state index in [1.54, 1.807) is 6.21 Å². The molecule has 0 bridgehead atoms. The van der Waals surface area contributed by atoms with Crippen LogP contribution in [0.3, 0.4) is 0 Å². The Morgan fingerprint density at radius 3 is 2.48 bits per heavy atom. The number of nitrogens with one attached hydrogen (secondary N) is 1. The van der Waals surface area contributed by atoms with Gasteiger partial charge in [-0.05, 0) is 38.1 Å². The molecule has 25 heavy (non-hydrogen) atoms. The number of carbonyl (C=O) groups excluding carboxylic acids is 1. The van der Waals surface area contributed by atoms with E-state index in [1.807, 2.05) is 74.5 Å². The zero-order chi connectivity index (χ0) is 17.8. The van der Waals surface area contributed by atoms with Gasteiger partial charge in [-0.25, -0.2) is 5.43 Å². The van der Waals surface area contributed by atoms with Gasteiger partial charge in [-0.2, -0.15) is 5.10 Å². The van der Waals surface area contributed by atoms with E-state index >= 15 is 0 Å². The first-order valence-electron chi connectivity index (χ1n) is 7.90. The Bertz CT molecular complexity index is 929. The molecule has 2 aromatic carbocycles. The highest BCUT2D eigenvalue weighted by Gasteiger charge is 2.16. The van der Waals surface area contributed by atoms with Crippen LogP contribution >= 0.6 is 15.9 Å². The summed E-state index contributed by atoms with van der Waals surface area (Å²) in [6.45, 7) is 3.92. The van der Waals surface area contributed by atoms with Crippen molar-refractivity contribution in [1.82, 2.24) is 9.99 Å². The number of hydrogen-bond donors (Lipinski definition) is 1. The van der Waals surface area contributed by atoms with Gasteiger partial charge in [-0.1, -0.05) is 52.3 Å². The molecule has 0 spiro atoms. The zero-order valence-electron chi connectivity index (χ0n) is 14.0. The van der Waals surface area contributed by atoms with Crippen LogP contribution in [0.5, 0.6) is 0 Å². The molecule has 1 amide bonds. The van der Waals surface area contributed by atoms with Crippen molar-refractivity contribution in [2.75, 3.05) is 0 Å². The van der Waals surface area contributed by atoms with Crippen LogP contribution in [-0.4, -0.2) is 16.7 Å². The van der Waals surface area contributed by atoms with Crippen molar-refractivity contribution in [3.8, 4) is 5.69 Å². The number of halogens is 1. The summed E-state index contributed by atoms with van der Waals surface area (Å²) in [7, 11) is 0. The molecule has 4 nitrogen and oxygen atoms in total. The number of para-hydroxylation sites is 1. The highest BCUT2D eigenvalue weighted by atomic mass is 79.9. The monoisotopic (exact) mass is 395 g/mol. The molecule has 1 aromatic heterocycles. The van der Waals surface area contributed by atoms with E-state index in [0.29, 0.717) is 5.56 Å². The largest absolute Gasteiger partial charge is 0.318 e. The Labute approximate surface area is 155 Å². The molecule has 0 aliphatic rings. The molecule has 3 rings (SSSR count). The number of amides is 1. The van der Waals surface area contributed by atoms with Gasteiger partial charge >= 0.3 is 0 Å². The average molecular weight is 396 g/mol. The van der Waals surface area contributed by atoms with E-state index in [-0.39, 0.29) is 5.91 Å². The van der Waals surface area contributed by atoms with Crippen LogP contribution in [-0.2, 0) is 0 Å². The summed E-state index contributed by atoms with van der Waals surface area (Å²) in [5.74, 6) is -0.224. The molecule has 0 unspecified atom stereocenters. The number of benzene rings is 2. The first kappa shape index (κ1) is 17.2. The van der Waals surface area contributed by atoms with Crippen molar-refractivity contribution in [2.24, 2.45) is 5.10 Å². The van der Waals surface area contributed by atoms with Gasteiger partial charge in [0.15, 0.2) is 0 Å². The average Bonchev–Trinajstić information content (AvgIpc) is 2.92. The highest BCUT2D eigenvalue weighted by Crippen LogP contribution is 2.20. The Hall–Kier alpha value is -2.66. The van der Waals surface area contributed by atoms with Crippen LogP contribution in [0.2, 0.25) is 0 Å².